The Kier molecular flexibility index (Phi) is 1.96. The van der Waals surface area contributed by atoms with Crippen LogP contribution in [0.3, 0.4) is 0 Å². The van der Waals surface area contributed by atoms with E-state index < -0.39 is 0 Å². The topological polar surface area (TPSA) is 88.8 Å². The maximum atomic E-state index is 5.07. The normalized spacial score (nSPS) is 9.00. The first kappa shape index (κ1) is 6.69. The summed E-state index contributed by atoms with van der Waals surface area (Å²) in [6, 6.07) is 1.65. The summed E-state index contributed by atoms with van der Waals surface area (Å²) in [5.41, 5.74) is 2.35. The molecule has 1 aromatic heterocycles. The van der Waals surface area contributed by atoms with Crippen molar-refractivity contribution in [1.82, 2.24) is 15.4 Å². The smallest absolute Gasteiger partial charge is 0.168 e. The highest BCUT2D eigenvalue weighted by molar-refractivity contribution is 5.43. The summed E-state index contributed by atoms with van der Waals surface area (Å²) in [5, 5.41) is 13.4. The summed E-state index contributed by atoms with van der Waals surface area (Å²) < 4.78 is 0. The molecule has 0 aliphatic heterocycles. The predicted octanol–water partition coefficient (Wildman–Crippen LogP) is -0.801. The van der Waals surface area contributed by atoms with Gasteiger partial charge in [0.05, 0.1) is 0 Å². The number of nitrogen functional groups attached to an aromatic ring is 1. The Morgan fingerprint density at radius 3 is 2.70 bits per heavy atom. The Morgan fingerprint density at radius 1 is 1.40 bits per heavy atom. The monoisotopic (exact) mass is 140 g/mol. The van der Waals surface area contributed by atoms with Crippen LogP contribution in [0.2, 0.25) is 0 Å². The van der Waals surface area contributed by atoms with Gasteiger partial charge in [0.1, 0.15) is 0 Å². The van der Waals surface area contributed by atoms with E-state index in [-0.39, 0.29) is 0 Å². The van der Waals surface area contributed by atoms with Crippen LogP contribution < -0.4 is 16.6 Å². The predicted molar refractivity (Wildman–Crippen MR) is 37.2 cm³/mol. The van der Waals surface area contributed by atoms with Gasteiger partial charge in [0.25, 0.3) is 0 Å². The minimum atomic E-state index is 0.486. The number of hydrogen-bond donors (Lipinski definition) is 3. The molecule has 0 aliphatic carbocycles. The van der Waals surface area contributed by atoms with Gasteiger partial charge in [0, 0.05) is 13.1 Å². The first-order chi connectivity index (χ1) is 4.86. The van der Waals surface area contributed by atoms with Gasteiger partial charge in [-0.1, -0.05) is 0 Å². The van der Waals surface area contributed by atoms with E-state index >= 15 is 0 Å². The summed E-state index contributed by atoms with van der Waals surface area (Å²) in [4.78, 5) is 0. The average molecular weight is 140 g/mol. The molecule has 0 aliphatic rings. The average Bonchev–Trinajstić information content (AvgIpc) is 2.05. The Bertz CT molecular complexity index is 191. The lowest BCUT2D eigenvalue weighted by Gasteiger charge is -1.98. The Hall–Kier alpha value is -1.43. The third-order valence-corrected chi connectivity index (χ3v) is 0.982. The zero-order chi connectivity index (χ0) is 7.40. The summed E-state index contributed by atoms with van der Waals surface area (Å²) in [5.74, 6) is 6.18. The minimum Gasteiger partial charge on any atom is -0.371 e. The number of nitrogens with two attached hydrogens (primary N) is 1. The largest absolute Gasteiger partial charge is 0.371 e. The molecule has 0 saturated carbocycles. The molecular formula is C4H8N6. The van der Waals surface area contributed by atoms with Gasteiger partial charge in [-0.2, -0.15) is 0 Å². The van der Waals surface area contributed by atoms with Crippen LogP contribution in [0.5, 0.6) is 0 Å². The van der Waals surface area contributed by atoms with Crippen LogP contribution in [0.25, 0.3) is 0 Å². The Balaban J connectivity index is 2.87. The molecule has 0 saturated heterocycles. The number of anilines is 2. The molecule has 54 valence electrons. The zero-order valence-electron chi connectivity index (χ0n) is 5.50. The molecule has 6 heteroatoms. The van der Waals surface area contributed by atoms with Crippen molar-refractivity contribution < 1.29 is 0 Å². The van der Waals surface area contributed by atoms with Crippen molar-refractivity contribution >= 4 is 11.6 Å². The fourth-order valence-corrected chi connectivity index (χ4v) is 0.499. The van der Waals surface area contributed by atoms with Gasteiger partial charge in [-0.25, -0.2) is 5.84 Å². The highest BCUT2D eigenvalue weighted by Crippen LogP contribution is 2.02. The molecular weight excluding hydrogens is 132 g/mol. The van der Waals surface area contributed by atoms with E-state index in [1.807, 2.05) is 0 Å². The molecule has 0 atom stereocenters. The number of hydrogen-bond acceptors (Lipinski definition) is 6. The fraction of sp³-hybridized carbons (Fsp3) is 0.250. The van der Waals surface area contributed by atoms with Gasteiger partial charge >= 0.3 is 0 Å². The van der Waals surface area contributed by atoms with Crippen molar-refractivity contribution in [1.29, 1.82) is 0 Å². The van der Waals surface area contributed by atoms with E-state index in [0.717, 1.165) is 0 Å². The van der Waals surface area contributed by atoms with Gasteiger partial charge < -0.3 is 10.7 Å². The molecule has 1 heterocycles. The zero-order valence-corrected chi connectivity index (χ0v) is 5.50. The van der Waals surface area contributed by atoms with Crippen LogP contribution in [0.1, 0.15) is 0 Å². The van der Waals surface area contributed by atoms with Crippen LogP contribution >= 0.6 is 0 Å². The lowest BCUT2D eigenvalue weighted by atomic mass is 10.5. The Labute approximate surface area is 57.8 Å². The molecule has 4 N–H and O–H groups in total. The van der Waals surface area contributed by atoms with Crippen LogP contribution in [0.4, 0.5) is 11.6 Å². The summed E-state index contributed by atoms with van der Waals surface area (Å²) in [7, 11) is 1.74. The molecule has 1 aromatic rings. The molecule has 0 radical (unpaired) electrons. The van der Waals surface area contributed by atoms with Gasteiger partial charge in [0.15, 0.2) is 11.6 Å². The molecule has 0 bridgehead atoms. The second-order valence-electron chi connectivity index (χ2n) is 1.60. The molecule has 6 nitrogen and oxygen atoms in total. The molecule has 10 heavy (non-hydrogen) atoms. The first-order valence-electron chi connectivity index (χ1n) is 2.71. The molecule has 0 spiro atoms. The highest BCUT2D eigenvalue weighted by atomic mass is 15.4. The van der Waals surface area contributed by atoms with Gasteiger partial charge in [-0.3, -0.25) is 0 Å². The van der Waals surface area contributed by atoms with E-state index in [9.17, 15) is 0 Å². The third kappa shape index (κ3) is 1.29. The lowest BCUT2D eigenvalue weighted by molar-refractivity contribution is 0.869. The minimum absolute atomic E-state index is 0.486. The summed E-state index contributed by atoms with van der Waals surface area (Å²) in [6.07, 6.45) is 0. The fourth-order valence-electron chi connectivity index (χ4n) is 0.499. The quantitative estimate of drug-likeness (QED) is 0.368. The van der Waals surface area contributed by atoms with Crippen molar-refractivity contribution in [3.8, 4) is 0 Å². The van der Waals surface area contributed by atoms with E-state index in [1.54, 1.807) is 13.1 Å². The van der Waals surface area contributed by atoms with E-state index in [4.69, 9.17) is 5.84 Å². The second kappa shape index (κ2) is 2.92. The number of nitrogens with one attached hydrogen (secondary N) is 2. The van der Waals surface area contributed by atoms with Crippen LogP contribution in [-0.2, 0) is 0 Å². The first-order valence-corrected chi connectivity index (χ1v) is 2.71. The van der Waals surface area contributed by atoms with E-state index in [0.29, 0.717) is 11.6 Å². The maximum absolute atomic E-state index is 5.07. The number of hydrazine groups is 1. The number of nitrogens with zero attached hydrogens (tertiary/aromatic N) is 3. The summed E-state index contributed by atoms with van der Waals surface area (Å²) in [6.45, 7) is 0. The maximum Gasteiger partial charge on any atom is 0.168 e. The SMILES string of the molecule is CNc1cc(NN)nnn1. The molecule has 1 rings (SSSR count). The van der Waals surface area contributed by atoms with Gasteiger partial charge in [0.2, 0.25) is 0 Å². The molecule has 0 fully saturated rings. The Morgan fingerprint density at radius 2 is 2.10 bits per heavy atom. The van der Waals surface area contributed by atoms with Crippen LogP contribution in [-0.4, -0.2) is 22.5 Å². The van der Waals surface area contributed by atoms with Gasteiger partial charge in [-0.15, -0.1) is 10.2 Å². The molecule has 0 unspecified atom stereocenters. The lowest BCUT2D eigenvalue weighted by Crippen LogP contribution is -2.10. The third-order valence-electron chi connectivity index (χ3n) is 0.982. The van der Waals surface area contributed by atoms with Crippen molar-refractivity contribution in [2.45, 2.75) is 0 Å². The van der Waals surface area contributed by atoms with Crippen molar-refractivity contribution in [3.05, 3.63) is 6.07 Å². The van der Waals surface area contributed by atoms with Gasteiger partial charge in [-0.05, 0) is 5.21 Å². The van der Waals surface area contributed by atoms with E-state index in [1.165, 1.54) is 0 Å². The van der Waals surface area contributed by atoms with E-state index in [2.05, 4.69) is 26.2 Å². The number of rotatable bonds is 2. The summed E-state index contributed by atoms with van der Waals surface area (Å²) >= 11 is 0. The second-order valence-corrected chi connectivity index (χ2v) is 1.60. The number of aromatic nitrogens is 3. The van der Waals surface area contributed by atoms with Crippen molar-refractivity contribution in [3.63, 3.8) is 0 Å². The highest BCUT2D eigenvalue weighted by Gasteiger charge is 1.93. The molecule has 0 aromatic carbocycles. The molecule has 0 amide bonds. The van der Waals surface area contributed by atoms with Crippen LogP contribution in [0.15, 0.2) is 6.07 Å². The van der Waals surface area contributed by atoms with Crippen molar-refractivity contribution in [2.75, 3.05) is 17.8 Å². The van der Waals surface area contributed by atoms with Crippen LogP contribution in [0, 0.1) is 0 Å². The standard InChI is InChI=1S/C4H8N6/c1-6-3-2-4(7-5)9-10-8-3/h2H,5H2,1H3,(H2,6,7,8,9). The van der Waals surface area contributed by atoms with Crippen molar-refractivity contribution in [2.24, 2.45) is 5.84 Å².